The summed E-state index contributed by atoms with van der Waals surface area (Å²) in [5.41, 5.74) is 0. The van der Waals surface area contributed by atoms with Crippen molar-refractivity contribution in [2.24, 2.45) is 20.5 Å². The summed E-state index contributed by atoms with van der Waals surface area (Å²) in [5, 5.41) is 37.8. The molecule has 0 aromatic rings. The Kier molecular flexibility index (Phi) is 11.5. The highest BCUT2D eigenvalue weighted by atomic mass is 15.5. The van der Waals surface area contributed by atoms with Crippen molar-refractivity contribution in [1.82, 2.24) is 31.5 Å². The van der Waals surface area contributed by atoms with Gasteiger partial charge in [-0.1, -0.05) is 38.5 Å². The van der Waals surface area contributed by atoms with Crippen LogP contribution in [0, 0.1) is 0 Å². The molecule has 222 valence electrons. The molecule has 1 heterocycles. The summed E-state index contributed by atoms with van der Waals surface area (Å²) in [4.78, 5) is 2.20. The van der Waals surface area contributed by atoms with Gasteiger partial charge in [0.1, 0.15) is 18.9 Å². The SMILES string of the molecule is CN(C)C1NC(NC2CCC(N=NC3CCCCC3)CC2)NC(NC2CCC(N=NC3CCCCC3)CC2)N1. The van der Waals surface area contributed by atoms with E-state index in [1.165, 1.54) is 64.2 Å². The number of hydrogen-bond acceptors (Lipinski definition) is 10. The van der Waals surface area contributed by atoms with Gasteiger partial charge in [0.25, 0.3) is 0 Å². The Bertz CT molecular complexity index is 689. The first-order chi connectivity index (χ1) is 19.1. The second kappa shape index (κ2) is 15.3. The Labute approximate surface area is 236 Å². The largest absolute Gasteiger partial charge is 0.287 e. The van der Waals surface area contributed by atoms with Crippen molar-refractivity contribution in [2.45, 2.75) is 171 Å². The van der Waals surface area contributed by atoms with Crippen molar-refractivity contribution in [3.05, 3.63) is 0 Å². The van der Waals surface area contributed by atoms with Gasteiger partial charge in [-0.05, 0) is 91.1 Å². The van der Waals surface area contributed by atoms with Gasteiger partial charge in [0.05, 0.1) is 24.2 Å². The van der Waals surface area contributed by atoms with Crippen LogP contribution >= 0.6 is 0 Å². The Morgan fingerprint density at radius 1 is 0.462 bits per heavy atom. The molecule has 1 aliphatic heterocycles. The lowest BCUT2D eigenvalue weighted by molar-refractivity contribution is 0.0577. The van der Waals surface area contributed by atoms with Gasteiger partial charge in [0.15, 0.2) is 0 Å². The zero-order valence-electron chi connectivity index (χ0n) is 24.7. The van der Waals surface area contributed by atoms with E-state index in [0.29, 0.717) is 36.3 Å². The third-order valence-electron chi connectivity index (χ3n) is 9.63. The molecule has 4 saturated carbocycles. The molecule has 1 saturated heterocycles. The number of nitrogens with one attached hydrogen (secondary N) is 5. The monoisotopic (exact) mass is 544 g/mol. The highest BCUT2D eigenvalue weighted by Gasteiger charge is 2.32. The highest BCUT2D eigenvalue weighted by molar-refractivity contribution is 4.89. The van der Waals surface area contributed by atoms with E-state index in [1.54, 1.807) is 0 Å². The Hall–Kier alpha value is -1.04. The molecule has 2 unspecified atom stereocenters. The topological polar surface area (TPSA) is 113 Å². The van der Waals surface area contributed by atoms with Crippen LogP contribution < -0.4 is 26.6 Å². The maximum Gasteiger partial charge on any atom is 0.118 e. The van der Waals surface area contributed by atoms with Gasteiger partial charge in [-0.2, -0.15) is 20.5 Å². The summed E-state index contributed by atoms with van der Waals surface area (Å²) >= 11 is 0. The molecule has 0 amide bonds. The fourth-order valence-electron chi connectivity index (χ4n) is 7.07. The molecule has 39 heavy (non-hydrogen) atoms. The van der Waals surface area contributed by atoms with Crippen molar-refractivity contribution >= 4 is 0 Å². The van der Waals surface area contributed by atoms with E-state index < -0.39 is 0 Å². The summed E-state index contributed by atoms with van der Waals surface area (Å²) in [6.45, 7) is 0. The minimum Gasteiger partial charge on any atom is -0.287 e. The van der Waals surface area contributed by atoms with Gasteiger partial charge in [-0.15, -0.1) is 0 Å². The van der Waals surface area contributed by atoms with Crippen LogP contribution in [0.25, 0.3) is 0 Å². The average molecular weight is 545 g/mol. The first-order valence-corrected chi connectivity index (χ1v) is 16.4. The van der Waals surface area contributed by atoms with Crippen LogP contribution in [-0.4, -0.2) is 74.1 Å². The number of rotatable bonds is 9. The standard InChI is InChI=1S/C29H56N10/c1-39(2)29-33-27(30-21-13-17-25(18-14-21)37-35-23-9-5-3-6-10-23)32-28(34-29)31-22-15-19-26(20-16-22)38-36-24-11-7-4-8-12-24/h21-34H,3-20H2,1-2H3. The van der Waals surface area contributed by atoms with Gasteiger partial charge in [0.2, 0.25) is 0 Å². The van der Waals surface area contributed by atoms with Gasteiger partial charge < -0.3 is 0 Å². The zero-order chi connectivity index (χ0) is 26.9. The third-order valence-corrected chi connectivity index (χ3v) is 9.63. The lowest BCUT2D eigenvalue weighted by atomic mass is 9.91. The summed E-state index contributed by atoms with van der Waals surface area (Å²) in [6, 6.07) is 2.82. The van der Waals surface area contributed by atoms with E-state index in [1.807, 2.05) is 0 Å². The molecule has 0 radical (unpaired) electrons. The number of hydrogen-bond donors (Lipinski definition) is 5. The van der Waals surface area contributed by atoms with E-state index in [4.69, 9.17) is 20.5 Å². The van der Waals surface area contributed by atoms with Crippen LogP contribution in [0.5, 0.6) is 0 Å². The van der Waals surface area contributed by atoms with Crippen molar-refractivity contribution in [1.29, 1.82) is 0 Å². The Balaban J connectivity index is 1.03. The molecule has 5 rings (SSSR count). The molecule has 5 fully saturated rings. The quantitative estimate of drug-likeness (QED) is 0.272. The fraction of sp³-hybridized carbons (Fsp3) is 1.00. The van der Waals surface area contributed by atoms with E-state index >= 15 is 0 Å². The zero-order valence-corrected chi connectivity index (χ0v) is 24.7. The third kappa shape index (κ3) is 9.50. The number of nitrogens with zero attached hydrogens (tertiary/aromatic N) is 5. The summed E-state index contributed by atoms with van der Waals surface area (Å²) in [5.74, 6) is 0. The predicted octanol–water partition coefficient (Wildman–Crippen LogP) is 4.55. The summed E-state index contributed by atoms with van der Waals surface area (Å²) in [6.07, 6.45) is 22.4. The normalized spacial score (nSPS) is 38.2. The van der Waals surface area contributed by atoms with Crippen LogP contribution in [0.15, 0.2) is 20.5 Å². The molecule has 5 N–H and O–H groups in total. The lowest BCUT2D eigenvalue weighted by Crippen LogP contribution is -2.78. The van der Waals surface area contributed by atoms with E-state index in [9.17, 15) is 0 Å². The van der Waals surface area contributed by atoms with Gasteiger partial charge in [-0.3, -0.25) is 31.5 Å². The molecular formula is C29H56N10. The van der Waals surface area contributed by atoms with Crippen LogP contribution in [0.3, 0.4) is 0 Å². The molecule has 5 aliphatic rings. The minimum absolute atomic E-state index is 0.0576. The molecule has 0 aromatic carbocycles. The fourth-order valence-corrected chi connectivity index (χ4v) is 7.07. The first-order valence-electron chi connectivity index (χ1n) is 16.4. The average Bonchev–Trinajstić information content (AvgIpc) is 2.97. The van der Waals surface area contributed by atoms with Crippen molar-refractivity contribution in [3.63, 3.8) is 0 Å². The van der Waals surface area contributed by atoms with Gasteiger partial charge >= 0.3 is 0 Å². The first kappa shape index (κ1) is 29.5. The highest BCUT2D eigenvalue weighted by Crippen LogP contribution is 2.26. The maximum absolute atomic E-state index is 4.77. The Morgan fingerprint density at radius 2 is 0.821 bits per heavy atom. The second-order valence-corrected chi connectivity index (χ2v) is 13.1. The minimum atomic E-state index is 0.0576. The Morgan fingerprint density at radius 3 is 1.18 bits per heavy atom. The molecule has 10 nitrogen and oxygen atoms in total. The molecule has 0 aromatic heterocycles. The van der Waals surface area contributed by atoms with E-state index in [2.05, 4.69) is 45.6 Å². The molecule has 0 bridgehead atoms. The van der Waals surface area contributed by atoms with E-state index in [-0.39, 0.29) is 18.9 Å². The molecule has 4 aliphatic carbocycles. The van der Waals surface area contributed by atoms with E-state index in [0.717, 1.165) is 51.4 Å². The van der Waals surface area contributed by atoms with Gasteiger partial charge in [0, 0.05) is 12.1 Å². The summed E-state index contributed by atoms with van der Waals surface area (Å²) in [7, 11) is 4.24. The molecule has 0 spiro atoms. The number of azo groups is 2. The molecule has 2 atom stereocenters. The van der Waals surface area contributed by atoms with Crippen molar-refractivity contribution in [3.8, 4) is 0 Å². The smallest absolute Gasteiger partial charge is 0.118 e. The van der Waals surface area contributed by atoms with Crippen LogP contribution in [0.2, 0.25) is 0 Å². The van der Waals surface area contributed by atoms with Crippen LogP contribution in [0.1, 0.15) is 116 Å². The predicted molar refractivity (Wildman–Crippen MR) is 156 cm³/mol. The maximum atomic E-state index is 4.77. The summed E-state index contributed by atoms with van der Waals surface area (Å²) < 4.78 is 0. The van der Waals surface area contributed by atoms with Gasteiger partial charge in [-0.25, -0.2) is 0 Å². The van der Waals surface area contributed by atoms with Crippen LogP contribution in [-0.2, 0) is 0 Å². The van der Waals surface area contributed by atoms with Crippen molar-refractivity contribution < 1.29 is 0 Å². The van der Waals surface area contributed by atoms with Crippen molar-refractivity contribution in [2.75, 3.05) is 14.1 Å². The molecule has 10 heteroatoms. The molecular weight excluding hydrogens is 488 g/mol. The van der Waals surface area contributed by atoms with Crippen LogP contribution in [0.4, 0.5) is 0 Å². The second-order valence-electron chi connectivity index (χ2n) is 13.1. The lowest BCUT2D eigenvalue weighted by Gasteiger charge is -2.44.